The zero-order valence-electron chi connectivity index (χ0n) is 58.1. The smallest absolute Gasteiger partial charge is 0.0396 e. The minimum absolute atomic E-state index is 0.0743. The fourth-order valence-electron chi connectivity index (χ4n) is 14.7. The number of nitrogens with two attached hydrogens (primary N) is 1. The zero-order valence-corrected chi connectivity index (χ0v) is 59.7. The van der Waals surface area contributed by atoms with Crippen LogP contribution in [0.15, 0.2) is 174 Å². The molecule has 0 atom stereocenters. The molecule has 0 radical (unpaired) electrons. The molecule has 0 aromatic heterocycles. The maximum absolute atomic E-state index is 6.33. The van der Waals surface area contributed by atoms with Gasteiger partial charge in [-0.2, -0.15) is 0 Å². The summed E-state index contributed by atoms with van der Waals surface area (Å²) in [6.45, 7) is 27.4. The average Bonchev–Trinajstić information content (AvgIpc) is 1.67. The molecular formula is C88H111BrN2. The highest BCUT2D eigenvalue weighted by Crippen LogP contribution is 2.42. The summed E-state index contributed by atoms with van der Waals surface area (Å²) < 4.78 is 1.18. The molecule has 91 heavy (non-hydrogen) atoms. The number of hydrogen-bond donors (Lipinski definition) is 2. The van der Waals surface area contributed by atoms with Crippen LogP contribution in [-0.4, -0.2) is 0 Å². The van der Waals surface area contributed by atoms with Gasteiger partial charge in [0.05, 0.1) is 0 Å². The van der Waals surface area contributed by atoms with Gasteiger partial charge in [-0.3, -0.25) is 0 Å². The van der Waals surface area contributed by atoms with E-state index in [-0.39, 0.29) is 21.7 Å². The van der Waals surface area contributed by atoms with Gasteiger partial charge in [0.1, 0.15) is 0 Å². The van der Waals surface area contributed by atoms with Gasteiger partial charge in [0.2, 0.25) is 0 Å². The fraction of sp³-hybridized carbons (Fsp3) is 0.455. The molecule has 480 valence electrons. The molecule has 4 aliphatic carbocycles. The molecule has 3 heteroatoms. The highest BCUT2D eigenvalue weighted by Gasteiger charge is 2.24. The Hall–Kier alpha value is -6.16. The third-order valence-electron chi connectivity index (χ3n) is 20.8. The van der Waals surface area contributed by atoms with Crippen LogP contribution in [0.25, 0.3) is 44.5 Å². The van der Waals surface area contributed by atoms with Crippen molar-refractivity contribution in [2.45, 2.75) is 257 Å². The average molecular weight is 1280 g/mol. The van der Waals surface area contributed by atoms with E-state index in [1.165, 1.54) is 222 Å². The summed E-state index contributed by atoms with van der Waals surface area (Å²) in [5.74, 6) is 2.96. The Bertz CT molecular complexity index is 3380. The van der Waals surface area contributed by atoms with E-state index in [2.05, 4.69) is 274 Å². The van der Waals surface area contributed by atoms with Gasteiger partial charge in [-0.25, -0.2) is 0 Å². The predicted octanol–water partition coefficient (Wildman–Crippen LogP) is 27.2. The predicted molar refractivity (Wildman–Crippen MR) is 401 cm³/mol. The number of halogens is 1. The summed E-state index contributed by atoms with van der Waals surface area (Å²) in [6.07, 6.45) is 27.3. The lowest BCUT2D eigenvalue weighted by Gasteiger charge is -2.26. The van der Waals surface area contributed by atoms with Crippen molar-refractivity contribution in [3.8, 4) is 44.5 Å². The van der Waals surface area contributed by atoms with Crippen molar-refractivity contribution >= 4 is 33.0 Å². The topological polar surface area (TPSA) is 38.0 Å². The summed E-state index contributed by atoms with van der Waals surface area (Å²) in [4.78, 5) is 0. The Labute approximate surface area is 560 Å². The lowest BCUT2D eigenvalue weighted by Crippen LogP contribution is -2.16. The normalized spacial score (nSPS) is 16.7. The van der Waals surface area contributed by atoms with Gasteiger partial charge in [-0.15, -0.1) is 0 Å². The van der Waals surface area contributed by atoms with E-state index in [1.54, 1.807) is 0 Å². The minimum atomic E-state index is 0.0743. The van der Waals surface area contributed by atoms with Crippen LogP contribution in [0.1, 0.15) is 280 Å². The second kappa shape index (κ2) is 29.8. The second-order valence-corrected chi connectivity index (χ2v) is 33.0. The Morgan fingerprint density at radius 2 is 0.505 bits per heavy atom. The first-order chi connectivity index (χ1) is 43.4. The van der Waals surface area contributed by atoms with E-state index < -0.39 is 0 Å². The summed E-state index contributed by atoms with van der Waals surface area (Å²) in [5.41, 5.74) is 31.6. The van der Waals surface area contributed by atoms with Gasteiger partial charge in [0.15, 0.2) is 0 Å². The van der Waals surface area contributed by atoms with E-state index in [0.29, 0.717) is 0 Å². The van der Waals surface area contributed by atoms with Crippen molar-refractivity contribution < 1.29 is 0 Å². The molecule has 3 N–H and O–H groups in total. The fourth-order valence-corrected chi connectivity index (χ4v) is 15.2. The summed E-state index contributed by atoms with van der Waals surface area (Å²) in [7, 11) is 0. The first-order valence-corrected chi connectivity index (χ1v) is 36.4. The molecule has 12 rings (SSSR count). The standard InChI is InChI=1S/C44H55N.C30H35N.C14H21Br/c1-43(2,3)39-28-40(44(4,5)6)30-42(29-39)45-41-26-37(35-21-17-33(18-22-35)31-13-9-7-10-14-31)25-38(27-41)36-23-19-34(20-24-36)32-15-11-8-12-16-32;31-30-20-28(26-15-11-24(12-16-26)22-7-3-1-4-8-22)19-29(21-30)27-17-13-25(14-18-27)23-9-5-2-6-10-23;1-13(2,3)10-7-11(14(4,5)6)9-12(15)8-10/h17-32,45H,7-16H2,1-6H3;11-23H,1-10,31H2;7-9H,1-6H3. The summed E-state index contributed by atoms with van der Waals surface area (Å²) in [5, 5.41) is 3.88. The quantitative estimate of drug-likeness (QED) is 0.134. The zero-order chi connectivity index (χ0) is 64.5. The highest BCUT2D eigenvalue weighted by molar-refractivity contribution is 9.10. The van der Waals surface area contributed by atoms with Gasteiger partial charge >= 0.3 is 0 Å². The molecule has 2 nitrogen and oxygen atoms in total. The largest absolute Gasteiger partial charge is 0.399 e. The number of anilines is 3. The van der Waals surface area contributed by atoms with Gasteiger partial charge in [-0.05, 0) is 246 Å². The van der Waals surface area contributed by atoms with Crippen LogP contribution in [0.3, 0.4) is 0 Å². The molecule has 0 spiro atoms. The Balaban J connectivity index is 0.000000170. The van der Waals surface area contributed by atoms with Gasteiger partial charge in [0.25, 0.3) is 0 Å². The van der Waals surface area contributed by atoms with Crippen LogP contribution in [0.4, 0.5) is 17.1 Å². The van der Waals surface area contributed by atoms with E-state index in [4.69, 9.17) is 5.73 Å². The third kappa shape index (κ3) is 18.6. The Kier molecular flexibility index (Phi) is 22.2. The summed E-state index contributed by atoms with van der Waals surface area (Å²) in [6, 6.07) is 65.0. The Morgan fingerprint density at radius 1 is 0.275 bits per heavy atom. The number of nitrogen functional groups attached to an aromatic ring is 1. The third-order valence-corrected chi connectivity index (χ3v) is 21.2. The second-order valence-electron chi connectivity index (χ2n) is 32.1. The molecule has 4 saturated carbocycles. The van der Waals surface area contributed by atoms with Crippen molar-refractivity contribution in [1.82, 2.24) is 0 Å². The molecule has 8 aromatic carbocycles. The Morgan fingerprint density at radius 3 is 0.758 bits per heavy atom. The van der Waals surface area contributed by atoms with Gasteiger partial charge < -0.3 is 11.1 Å². The van der Waals surface area contributed by atoms with Crippen LogP contribution in [-0.2, 0) is 21.7 Å². The van der Waals surface area contributed by atoms with Crippen LogP contribution >= 0.6 is 15.9 Å². The molecule has 0 bridgehead atoms. The first-order valence-electron chi connectivity index (χ1n) is 35.6. The monoisotopic (exact) mass is 1270 g/mol. The molecule has 0 aliphatic heterocycles. The van der Waals surface area contributed by atoms with E-state index in [9.17, 15) is 0 Å². The van der Waals surface area contributed by atoms with Crippen LogP contribution in [0, 0.1) is 0 Å². The molecule has 0 amide bonds. The maximum Gasteiger partial charge on any atom is 0.0396 e. The highest BCUT2D eigenvalue weighted by atomic mass is 79.9. The number of benzene rings is 8. The van der Waals surface area contributed by atoms with Gasteiger partial charge in [0, 0.05) is 21.5 Å². The molecular weight excluding hydrogens is 1160 g/mol. The van der Waals surface area contributed by atoms with Crippen LogP contribution in [0.2, 0.25) is 0 Å². The molecule has 8 aromatic rings. The van der Waals surface area contributed by atoms with Crippen molar-refractivity contribution in [3.05, 3.63) is 219 Å². The SMILES string of the molecule is CC(C)(C)c1cc(Br)cc(C(C)(C)C)c1.CC(C)(C)c1cc(Nc2cc(-c3ccc(C4CCCCC4)cc3)cc(-c3ccc(C4CCCCC4)cc3)c2)cc(C(C)(C)C)c1.Nc1cc(-c2ccc(C3CCCCC3)cc2)cc(-c2ccc(C3CCCCC3)cc2)c1. The number of rotatable bonds is 10. The van der Waals surface area contributed by atoms with Crippen molar-refractivity contribution in [3.63, 3.8) is 0 Å². The van der Waals surface area contributed by atoms with Crippen LogP contribution < -0.4 is 11.1 Å². The summed E-state index contributed by atoms with van der Waals surface area (Å²) >= 11 is 3.60. The number of hydrogen-bond acceptors (Lipinski definition) is 2. The van der Waals surface area contributed by atoms with Crippen molar-refractivity contribution in [2.24, 2.45) is 0 Å². The molecule has 0 saturated heterocycles. The van der Waals surface area contributed by atoms with Crippen LogP contribution in [0.5, 0.6) is 0 Å². The van der Waals surface area contributed by atoms with Crippen molar-refractivity contribution in [2.75, 3.05) is 11.1 Å². The molecule has 4 aliphatic rings. The van der Waals surface area contributed by atoms with E-state index in [0.717, 1.165) is 40.7 Å². The maximum atomic E-state index is 6.33. The lowest BCUT2D eigenvalue weighted by atomic mass is 9.80. The van der Waals surface area contributed by atoms with Crippen molar-refractivity contribution in [1.29, 1.82) is 0 Å². The van der Waals surface area contributed by atoms with E-state index >= 15 is 0 Å². The molecule has 0 heterocycles. The number of nitrogens with one attached hydrogen (secondary N) is 1. The lowest BCUT2D eigenvalue weighted by molar-refractivity contribution is 0.443. The first kappa shape index (κ1) is 67.7. The molecule has 0 unspecified atom stereocenters. The van der Waals surface area contributed by atoms with Gasteiger partial charge in [-0.1, -0.05) is 285 Å². The molecule has 4 fully saturated rings. The minimum Gasteiger partial charge on any atom is -0.399 e. The van der Waals surface area contributed by atoms with E-state index in [1.807, 2.05) is 0 Å².